The van der Waals surface area contributed by atoms with E-state index in [1.807, 2.05) is 0 Å². The second-order valence-electron chi connectivity index (χ2n) is 6.50. The minimum absolute atomic E-state index is 1.28. The summed E-state index contributed by atoms with van der Waals surface area (Å²) >= 11 is 0. The first-order valence-corrected chi connectivity index (χ1v) is 19.2. The van der Waals surface area contributed by atoms with Gasteiger partial charge in [-0.2, -0.15) is 0 Å². The Balaban J connectivity index is 3.07. The molecule has 14 heavy (non-hydrogen) atoms. The van der Waals surface area contributed by atoms with Crippen LogP contribution < -0.4 is 4.65 Å². The maximum Gasteiger partial charge on any atom is 0.177 e. The van der Waals surface area contributed by atoms with Crippen molar-refractivity contribution in [3.8, 4) is 0 Å². The summed E-state index contributed by atoms with van der Waals surface area (Å²) in [4.78, 5) is 0. The second kappa shape index (κ2) is 3.14. The molecule has 0 spiro atoms. The summed E-state index contributed by atoms with van der Waals surface area (Å²) in [6.07, 6.45) is 0. The predicted molar refractivity (Wildman–Crippen MR) is 74.1 cm³/mol. The van der Waals surface area contributed by atoms with Gasteiger partial charge in [0.15, 0.2) is 15.7 Å². The molecule has 1 rings (SSSR count). The Morgan fingerprint density at radius 2 is 0.929 bits per heavy atom. The Morgan fingerprint density at radius 3 is 1.14 bits per heavy atom. The van der Waals surface area contributed by atoms with Crippen molar-refractivity contribution in [2.45, 2.75) is 52.4 Å². The Morgan fingerprint density at radius 1 is 0.643 bits per heavy atom. The fourth-order valence-corrected chi connectivity index (χ4v) is 40.1. The number of hydrogen-bond donors (Lipinski definition) is 1. The molecule has 84 valence electrons. The SMILES string of the molecule is C[Si]1(C)N[Si](C)(C)[Si](C)(C)O[Si]1(C)C. The van der Waals surface area contributed by atoms with Crippen LogP contribution in [-0.2, 0) is 4.12 Å². The van der Waals surface area contributed by atoms with E-state index in [2.05, 4.69) is 57.0 Å². The average molecular weight is 264 g/mol. The summed E-state index contributed by atoms with van der Waals surface area (Å²) < 4.78 is 10.7. The molecule has 2 nitrogen and oxygen atoms in total. The Bertz CT molecular complexity index is 200. The third kappa shape index (κ3) is 1.87. The molecule has 0 aliphatic carbocycles. The van der Waals surface area contributed by atoms with E-state index in [0.717, 1.165) is 0 Å². The summed E-state index contributed by atoms with van der Waals surface area (Å²) in [5.41, 5.74) is 0. The molecular weight excluding hydrogens is 238 g/mol. The van der Waals surface area contributed by atoms with Crippen molar-refractivity contribution >= 4 is 31.2 Å². The molecule has 0 bridgehead atoms. The van der Waals surface area contributed by atoms with E-state index in [9.17, 15) is 0 Å². The number of rotatable bonds is 0. The molecule has 0 aromatic rings. The van der Waals surface area contributed by atoms with Gasteiger partial charge in [0.25, 0.3) is 0 Å². The lowest BCUT2D eigenvalue weighted by atomic mass is 11.9. The molecule has 0 aromatic heterocycles. The minimum atomic E-state index is -1.42. The van der Waals surface area contributed by atoms with Crippen LogP contribution in [0, 0.1) is 0 Å². The normalized spacial score (nSPS) is 32.6. The Kier molecular flexibility index (Phi) is 2.88. The van der Waals surface area contributed by atoms with Gasteiger partial charge in [0.2, 0.25) is 0 Å². The largest absolute Gasteiger partial charge is 0.458 e. The number of nitrogens with one attached hydrogen (secondary N) is 1. The highest BCUT2D eigenvalue weighted by Gasteiger charge is 2.59. The molecule has 0 radical (unpaired) electrons. The maximum atomic E-state index is 6.63. The van der Waals surface area contributed by atoms with Crippen molar-refractivity contribution in [2.24, 2.45) is 0 Å². The third-order valence-electron chi connectivity index (χ3n) is 4.15. The second-order valence-corrected chi connectivity index (χ2v) is 35.6. The summed E-state index contributed by atoms with van der Waals surface area (Å²) in [6, 6.07) is 0. The van der Waals surface area contributed by atoms with Crippen LogP contribution in [-0.4, -0.2) is 31.2 Å². The lowest BCUT2D eigenvalue weighted by Crippen LogP contribution is -2.86. The molecule has 1 saturated heterocycles. The topological polar surface area (TPSA) is 21.3 Å². The van der Waals surface area contributed by atoms with E-state index in [4.69, 9.17) is 4.12 Å². The zero-order valence-corrected chi connectivity index (χ0v) is 14.9. The zero-order chi connectivity index (χ0) is 11.4. The third-order valence-corrected chi connectivity index (χ3v) is 41.4. The zero-order valence-electron chi connectivity index (χ0n) is 10.9. The van der Waals surface area contributed by atoms with Crippen molar-refractivity contribution in [1.29, 1.82) is 0 Å². The summed E-state index contributed by atoms with van der Waals surface area (Å²) in [7, 11) is -5.39. The van der Waals surface area contributed by atoms with Crippen LogP contribution in [0.4, 0.5) is 0 Å². The molecule has 1 fully saturated rings. The van der Waals surface area contributed by atoms with E-state index in [1.165, 1.54) is 0 Å². The van der Waals surface area contributed by atoms with Gasteiger partial charge in [-0.1, -0.05) is 26.2 Å². The smallest absolute Gasteiger partial charge is 0.177 e. The summed E-state index contributed by atoms with van der Waals surface area (Å²) in [6.45, 7) is 19.5. The molecule has 0 atom stereocenters. The first-order valence-electron chi connectivity index (χ1n) is 5.41. The van der Waals surface area contributed by atoms with Crippen molar-refractivity contribution in [1.82, 2.24) is 4.65 Å². The van der Waals surface area contributed by atoms with Crippen molar-refractivity contribution in [2.75, 3.05) is 0 Å². The van der Waals surface area contributed by atoms with Crippen molar-refractivity contribution in [3.63, 3.8) is 0 Å². The van der Waals surface area contributed by atoms with E-state index in [-0.39, 0.29) is 0 Å². The van der Waals surface area contributed by atoms with E-state index >= 15 is 0 Å². The summed E-state index contributed by atoms with van der Waals surface area (Å²) in [5, 5.41) is 0. The monoisotopic (exact) mass is 263 g/mol. The van der Waals surface area contributed by atoms with Crippen LogP contribution in [0.15, 0.2) is 0 Å². The fraction of sp³-hybridized carbons (Fsp3) is 1.00. The molecule has 0 amide bonds. The minimum Gasteiger partial charge on any atom is -0.458 e. The molecule has 1 aliphatic heterocycles. The maximum absolute atomic E-state index is 6.63. The molecule has 0 unspecified atom stereocenters. The Hall–Kier alpha value is 0.788. The highest BCUT2D eigenvalue weighted by molar-refractivity contribution is 7.52. The van der Waals surface area contributed by atoms with Gasteiger partial charge < -0.3 is 8.76 Å². The highest BCUT2D eigenvalue weighted by Crippen LogP contribution is 2.33. The predicted octanol–water partition coefficient (Wildman–Crippen LogP) is 2.58. The van der Waals surface area contributed by atoms with E-state index in [1.54, 1.807) is 0 Å². The number of hydrogen-bond acceptors (Lipinski definition) is 2. The molecule has 0 aromatic carbocycles. The van der Waals surface area contributed by atoms with Gasteiger partial charge in [0, 0.05) is 0 Å². The van der Waals surface area contributed by atoms with Crippen LogP contribution in [0.5, 0.6) is 0 Å². The van der Waals surface area contributed by atoms with Crippen LogP contribution in [0.1, 0.15) is 0 Å². The van der Waals surface area contributed by atoms with Crippen LogP contribution in [0.2, 0.25) is 52.4 Å². The van der Waals surface area contributed by atoms with E-state index < -0.39 is 31.2 Å². The molecule has 6 heteroatoms. The molecule has 1 N–H and O–H groups in total. The van der Waals surface area contributed by atoms with Gasteiger partial charge in [-0.15, -0.1) is 0 Å². The van der Waals surface area contributed by atoms with Gasteiger partial charge >= 0.3 is 0 Å². The lowest BCUT2D eigenvalue weighted by Gasteiger charge is -2.57. The van der Waals surface area contributed by atoms with Crippen molar-refractivity contribution in [3.05, 3.63) is 0 Å². The molecule has 1 heterocycles. The lowest BCUT2D eigenvalue weighted by molar-refractivity contribution is 0.573. The van der Waals surface area contributed by atoms with Gasteiger partial charge in [-0.25, -0.2) is 0 Å². The van der Waals surface area contributed by atoms with E-state index in [0.29, 0.717) is 0 Å². The average Bonchev–Trinajstić information content (AvgIpc) is 1.78. The quantitative estimate of drug-likeness (QED) is 0.678. The molecule has 0 saturated carbocycles. The van der Waals surface area contributed by atoms with Gasteiger partial charge in [0.1, 0.15) is 15.5 Å². The molecule has 1 aliphatic rings. The van der Waals surface area contributed by atoms with Crippen LogP contribution >= 0.6 is 0 Å². The standard InChI is InChI=1S/C8H25NOSi4/c1-11(2)9-12(3,4)14(7,8)10-13(11,5)6/h9H,1-8H3. The van der Waals surface area contributed by atoms with Crippen LogP contribution in [0.25, 0.3) is 0 Å². The van der Waals surface area contributed by atoms with Gasteiger partial charge in [0.05, 0.1) is 0 Å². The first kappa shape index (κ1) is 12.9. The van der Waals surface area contributed by atoms with Crippen LogP contribution in [0.3, 0.4) is 0 Å². The fourth-order valence-electron chi connectivity index (χ4n) is 1.98. The van der Waals surface area contributed by atoms with Gasteiger partial charge in [-0.3, -0.25) is 0 Å². The molecular formula is C8H25NOSi4. The Labute approximate surface area is 92.5 Å². The van der Waals surface area contributed by atoms with Gasteiger partial charge in [-0.05, 0) is 26.2 Å². The highest BCUT2D eigenvalue weighted by atomic mass is 29.3. The summed E-state index contributed by atoms with van der Waals surface area (Å²) in [5.74, 6) is 0. The van der Waals surface area contributed by atoms with Crippen molar-refractivity contribution < 1.29 is 4.12 Å². The first-order chi connectivity index (χ1) is 5.91.